The average molecular weight is 259 g/mol. The van der Waals surface area contributed by atoms with Crippen LogP contribution in [-0.2, 0) is 11.3 Å². The number of carbonyl (C=O) groups is 1. The molecule has 1 rings (SSSR count). The third-order valence-electron chi connectivity index (χ3n) is 1.65. The maximum atomic E-state index is 10.4. The van der Waals surface area contributed by atoms with Gasteiger partial charge in [-0.05, 0) is 34.6 Å². The molecule has 0 bridgehead atoms. The molecule has 0 fully saturated rings. The number of nitrogens with zero attached hydrogens (tertiary/aromatic N) is 2. The minimum Gasteiger partial charge on any atom is -0.480 e. The maximum absolute atomic E-state index is 10.4. The predicted molar refractivity (Wildman–Crippen MR) is 55.9 cm³/mol. The van der Waals surface area contributed by atoms with E-state index < -0.39 is 5.97 Å². The Morgan fingerprint density at radius 3 is 2.86 bits per heavy atom. The molecule has 1 aromatic rings. The number of pyridine rings is 1. The zero-order valence-electron chi connectivity index (χ0n) is 7.77. The van der Waals surface area contributed by atoms with Crippen molar-refractivity contribution in [1.29, 1.82) is 0 Å². The van der Waals surface area contributed by atoms with E-state index in [9.17, 15) is 4.79 Å². The number of likely N-dealkylation sites (N-methyl/N-ethyl adjacent to an activating group) is 1. The Bertz CT molecular complexity index is 313. The highest BCUT2D eigenvalue weighted by Crippen LogP contribution is 2.07. The van der Waals surface area contributed by atoms with Crippen molar-refractivity contribution in [3.05, 3.63) is 28.5 Å². The summed E-state index contributed by atoms with van der Waals surface area (Å²) >= 11 is 3.23. The van der Waals surface area contributed by atoms with Crippen LogP contribution in [0.5, 0.6) is 0 Å². The SMILES string of the molecule is CN(CC(=O)O)Cc1ccc(Br)nc1. The molecule has 0 aliphatic heterocycles. The number of carboxylic acids is 1. The van der Waals surface area contributed by atoms with Crippen LogP contribution in [0.2, 0.25) is 0 Å². The third-order valence-corrected chi connectivity index (χ3v) is 2.12. The summed E-state index contributed by atoms with van der Waals surface area (Å²) in [5.74, 6) is -0.822. The Balaban J connectivity index is 2.51. The number of rotatable bonds is 4. The summed E-state index contributed by atoms with van der Waals surface area (Å²) < 4.78 is 0.780. The van der Waals surface area contributed by atoms with Gasteiger partial charge in [0.05, 0.1) is 6.54 Å². The zero-order valence-corrected chi connectivity index (χ0v) is 9.36. The van der Waals surface area contributed by atoms with Crippen molar-refractivity contribution in [2.75, 3.05) is 13.6 Å². The molecular formula is C9H11BrN2O2. The first-order valence-corrected chi connectivity index (χ1v) is 4.88. The van der Waals surface area contributed by atoms with Crippen LogP contribution in [0.25, 0.3) is 0 Å². The first-order valence-electron chi connectivity index (χ1n) is 4.08. The number of halogens is 1. The van der Waals surface area contributed by atoms with E-state index in [1.54, 1.807) is 18.1 Å². The van der Waals surface area contributed by atoms with Crippen molar-refractivity contribution in [1.82, 2.24) is 9.88 Å². The number of hydrogen-bond donors (Lipinski definition) is 1. The van der Waals surface area contributed by atoms with Crippen LogP contribution < -0.4 is 0 Å². The highest BCUT2D eigenvalue weighted by molar-refractivity contribution is 9.10. The van der Waals surface area contributed by atoms with Gasteiger partial charge in [0.1, 0.15) is 4.60 Å². The minimum atomic E-state index is -0.822. The van der Waals surface area contributed by atoms with Crippen LogP contribution in [0.3, 0.4) is 0 Å². The van der Waals surface area contributed by atoms with Gasteiger partial charge in [-0.15, -0.1) is 0 Å². The molecule has 1 aromatic heterocycles. The van der Waals surface area contributed by atoms with Crippen molar-refractivity contribution in [2.45, 2.75) is 6.54 Å². The standard InChI is InChI=1S/C9H11BrN2O2/c1-12(6-9(13)14)5-7-2-3-8(10)11-4-7/h2-4H,5-6H2,1H3,(H,13,14). The summed E-state index contributed by atoms with van der Waals surface area (Å²) in [6, 6.07) is 3.75. The molecule has 5 heteroatoms. The Morgan fingerprint density at radius 2 is 2.36 bits per heavy atom. The van der Waals surface area contributed by atoms with Crippen LogP contribution in [0, 0.1) is 0 Å². The zero-order chi connectivity index (χ0) is 10.6. The average Bonchev–Trinajstić information content (AvgIpc) is 2.07. The fourth-order valence-corrected chi connectivity index (χ4v) is 1.33. The normalized spacial score (nSPS) is 10.5. The van der Waals surface area contributed by atoms with Crippen molar-refractivity contribution in [3.8, 4) is 0 Å². The quantitative estimate of drug-likeness (QED) is 0.829. The van der Waals surface area contributed by atoms with Crippen LogP contribution in [0.15, 0.2) is 22.9 Å². The van der Waals surface area contributed by atoms with Gasteiger partial charge < -0.3 is 5.11 Å². The van der Waals surface area contributed by atoms with Crippen LogP contribution in [0.4, 0.5) is 0 Å². The van der Waals surface area contributed by atoms with Gasteiger partial charge in [0.2, 0.25) is 0 Å². The van der Waals surface area contributed by atoms with Crippen molar-refractivity contribution < 1.29 is 9.90 Å². The van der Waals surface area contributed by atoms with E-state index in [1.807, 2.05) is 12.1 Å². The summed E-state index contributed by atoms with van der Waals surface area (Å²) in [7, 11) is 1.76. The minimum absolute atomic E-state index is 0.0378. The Morgan fingerprint density at radius 1 is 1.64 bits per heavy atom. The molecule has 0 radical (unpaired) electrons. The summed E-state index contributed by atoms with van der Waals surface area (Å²) in [5, 5.41) is 8.54. The van der Waals surface area contributed by atoms with E-state index in [1.165, 1.54) is 0 Å². The van der Waals surface area contributed by atoms with E-state index in [2.05, 4.69) is 20.9 Å². The number of carboxylic acid groups (broad SMARTS) is 1. The van der Waals surface area contributed by atoms with E-state index in [-0.39, 0.29) is 6.54 Å². The van der Waals surface area contributed by atoms with Gasteiger partial charge in [0.25, 0.3) is 0 Å². The van der Waals surface area contributed by atoms with Crippen molar-refractivity contribution in [3.63, 3.8) is 0 Å². The second-order valence-electron chi connectivity index (χ2n) is 3.06. The summed E-state index contributed by atoms with van der Waals surface area (Å²) in [5.41, 5.74) is 0.997. The summed E-state index contributed by atoms with van der Waals surface area (Å²) in [6.07, 6.45) is 1.72. The lowest BCUT2D eigenvalue weighted by Gasteiger charge is -2.13. The van der Waals surface area contributed by atoms with Gasteiger partial charge >= 0.3 is 5.97 Å². The largest absolute Gasteiger partial charge is 0.480 e. The highest BCUT2D eigenvalue weighted by Gasteiger charge is 2.04. The predicted octanol–water partition coefficient (Wildman–Crippen LogP) is 1.36. The molecule has 1 N–H and O–H groups in total. The molecule has 0 aromatic carbocycles. The first kappa shape index (κ1) is 11.1. The molecule has 0 saturated heterocycles. The van der Waals surface area contributed by atoms with E-state index >= 15 is 0 Å². The third kappa shape index (κ3) is 3.85. The van der Waals surface area contributed by atoms with E-state index in [0.717, 1.165) is 10.2 Å². The molecule has 0 saturated carbocycles. The fraction of sp³-hybridized carbons (Fsp3) is 0.333. The molecule has 0 atom stereocenters. The number of aliphatic carboxylic acids is 1. The molecule has 0 unspecified atom stereocenters. The fourth-order valence-electron chi connectivity index (χ4n) is 1.10. The van der Waals surface area contributed by atoms with Gasteiger partial charge in [-0.25, -0.2) is 4.98 Å². The second-order valence-corrected chi connectivity index (χ2v) is 3.87. The summed E-state index contributed by atoms with van der Waals surface area (Å²) in [6.45, 7) is 0.628. The molecular weight excluding hydrogens is 248 g/mol. The van der Waals surface area contributed by atoms with Gasteiger partial charge in [-0.3, -0.25) is 9.69 Å². The van der Waals surface area contributed by atoms with Gasteiger partial charge in [-0.2, -0.15) is 0 Å². The maximum Gasteiger partial charge on any atom is 0.317 e. The van der Waals surface area contributed by atoms with Gasteiger partial charge in [-0.1, -0.05) is 6.07 Å². The summed E-state index contributed by atoms with van der Waals surface area (Å²) in [4.78, 5) is 16.2. The molecule has 0 spiro atoms. The van der Waals surface area contributed by atoms with Crippen LogP contribution >= 0.6 is 15.9 Å². The number of hydrogen-bond acceptors (Lipinski definition) is 3. The van der Waals surface area contributed by atoms with Gasteiger partial charge in [0.15, 0.2) is 0 Å². The topological polar surface area (TPSA) is 53.4 Å². The Hall–Kier alpha value is -0.940. The Kier molecular flexibility index (Phi) is 4.03. The van der Waals surface area contributed by atoms with Crippen LogP contribution in [0.1, 0.15) is 5.56 Å². The van der Waals surface area contributed by atoms with Crippen LogP contribution in [-0.4, -0.2) is 34.6 Å². The lowest BCUT2D eigenvalue weighted by molar-refractivity contribution is -0.138. The number of aromatic nitrogens is 1. The van der Waals surface area contributed by atoms with E-state index in [0.29, 0.717) is 6.54 Å². The molecule has 0 aliphatic rings. The lowest BCUT2D eigenvalue weighted by atomic mass is 10.3. The van der Waals surface area contributed by atoms with Crippen molar-refractivity contribution >= 4 is 21.9 Å². The smallest absolute Gasteiger partial charge is 0.317 e. The molecule has 0 aliphatic carbocycles. The lowest BCUT2D eigenvalue weighted by Crippen LogP contribution is -2.25. The molecule has 4 nitrogen and oxygen atoms in total. The van der Waals surface area contributed by atoms with Crippen molar-refractivity contribution in [2.24, 2.45) is 0 Å². The second kappa shape index (κ2) is 5.07. The molecule has 14 heavy (non-hydrogen) atoms. The molecule has 0 amide bonds. The molecule has 76 valence electrons. The van der Waals surface area contributed by atoms with E-state index in [4.69, 9.17) is 5.11 Å². The highest BCUT2D eigenvalue weighted by atomic mass is 79.9. The first-order chi connectivity index (χ1) is 6.58. The van der Waals surface area contributed by atoms with Gasteiger partial charge in [0, 0.05) is 12.7 Å². The monoisotopic (exact) mass is 258 g/mol. The Labute approximate surface area is 90.7 Å². The molecule has 1 heterocycles.